The molecule has 110 valence electrons. The highest BCUT2D eigenvalue weighted by Crippen LogP contribution is 2.21. The van der Waals surface area contributed by atoms with Gasteiger partial charge in [-0.3, -0.25) is 4.79 Å². The van der Waals surface area contributed by atoms with Crippen LogP contribution in [-0.2, 0) is 0 Å². The molecule has 0 aliphatic carbocycles. The van der Waals surface area contributed by atoms with Crippen molar-refractivity contribution in [2.24, 2.45) is 0 Å². The number of carbonyl (C=O) groups is 1. The SMILES string of the molecule is C#Cc1ccccc1C(=O)c1ccc(-c2ccc(F)cc2)cc1. The van der Waals surface area contributed by atoms with Crippen LogP contribution in [-0.4, -0.2) is 5.78 Å². The molecule has 23 heavy (non-hydrogen) atoms. The Kier molecular flexibility index (Phi) is 4.03. The summed E-state index contributed by atoms with van der Waals surface area (Å²) in [5, 5.41) is 0. The van der Waals surface area contributed by atoms with Gasteiger partial charge in [-0.05, 0) is 35.4 Å². The first-order valence-corrected chi connectivity index (χ1v) is 7.15. The van der Waals surface area contributed by atoms with Gasteiger partial charge < -0.3 is 0 Å². The van der Waals surface area contributed by atoms with Crippen LogP contribution in [0.2, 0.25) is 0 Å². The molecule has 0 saturated heterocycles. The fourth-order valence-corrected chi connectivity index (χ4v) is 2.42. The fourth-order valence-electron chi connectivity index (χ4n) is 2.42. The van der Waals surface area contributed by atoms with Crippen molar-refractivity contribution in [2.75, 3.05) is 0 Å². The van der Waals surface area contributed by atoms with Gasteiger partial charge in [-0.1, -0.05) is 54.5 Å². The first-order valence-electron chi connectivity index (χ1n) is 7.15. The van der Waals surface area contributed by atoms with Crippen molar-refractivity contribution >= 4 is 5.78 Å². The van der Waals surface area contributed by atoms with E-state index in [9.17, 15) is 9.18 Å². The van der Waals surface area contributed by atoms with Gasteiger partial charge in [0.25, 0.3) is 0 Å². The number of carbonyl (C=O) groups excluding carboxylic acids is 1. The third kappa shape index (κ3) is 3.04. The summed E-state index contributed by atoms with van der Waals surface area (Å²) in [5.41, 5.74) is 3.49. The normalized spacial score (nSPS) is 10.1. The molecule has 0 radical (unpaired) electrons. The van der Waals surface area contributed by atoms with E-state index in [0.29, 0.717) is 16.7 Å². The summed E-state index contributed by atoms with van der Waals surface area (Å²) in [4.78, 5) is 12.6. The Morgan fingerprint density at radius 1 is 0.826 bits per heavy atom. The topological polar surface area (TPSA) is 17.1 Å². The second-order valence-electron chi connectivity index (χ2n) is 5.10. The molecule has 0 aliphatic rings. The summed E-state index contributed by atoms with van der Waals surface area (Å²) < 4.78 is 13.0. The molecule has 0 saturated carbocycles. The predicted molar refractivity (Wildman–Crippen MR) is 89.6 cm³/mol. The Bertz CT molecular complexity index is 884. The minimum absolute atomic E-state index is 0.107. The first kappa shape index (κ1) is 14.7. The zero-order valence-corrected chi connectivity index (χ0v) is 12.3. The molecule has 1 nitrogen and oxygen atoms in total. The molecule has 0 spiro atoms. The Morgan fingerprint density at radius 3 is 2.00 bits per heavy atom. The van der Waals surface area contributed by atoms with E-state index in [1.54, 1.807) is 42.5 Å². The molecule has 0 bridgehead atoms. The van der Waals surface area contributed by atoms with Crippen LogP contribution in [0.1, 0.15) is 21.5 Å². The highest BCUT2D eigenvalue weighted by Gasteiger charge is 2.12. The van der Waals surface area contributed by atoms with Gasteiger partial charge in [0, 0.05) is 16.7 Å². The number of hydrogen-bond acceptors (Lipinski definition) is 1. The molecule has 0 amide bonds. The number of benzene rings is 3. The molecule has 0 aliphatic heterocycles. The number of rotatable bonds is 3. The Balaban J connectivity index is 1.92. The number of terminal acetylenes is 1. The van der Waals surface area contributed by atoms with E-state index in [4.69, 9.17) is 6.42 Å². The minimum Gasteiger partial charge on any atom is -0.289 e. The lowest BCUT2D eigenvalue weighted by molar-refractivity contribution is 0.103. The van der Waals surface area contributed by atoms with Crippen molar-refractivity contribution < 1.29 is 9.18 Å². The number of hydrogen-bond donors (Lipinski definition) is 0. The third-order valence-corrected chi connectivity index (χ3v) is 3.65. The fraction of sp³-hybridized carbons (Fsp3) is 0. The van der Waals surface area contributed by atoms with E-state index in [0.717, 1.165) is 11.1 Å². The molecule has 0 heterocycles. The number of halogens is 1. The molecule has 3 rings (SSSR count). The molecule has 0 aromatic heterocycles. The second kappa shape index (κ2) is 6.29. The average molecular weight is 300 g/mol. The molecule has 0 unspecified atom stereocenters. The van der Waals surface area contributed by atoms with Gasteiger partial charge in [-0.2, -0.15) is 0 Å². The van der Waals surface area contributed by atoms with Crippen LogP contribution >= 0.6 is 0 Å². The largest absolute Gasteiger partial charge is 0.289 e. The van der Waals surface area contributed by atoms with Gasteiger partial charge in [0.2, 0.25) is 0 Å². The molecule has 3 aromatic rings. The maximum absolute atomic E-state index is 13.0. The highest BCUT2D eigenvalue weighted by molar-refractivity contribution is 6.10. The third-order valence-electron chi connectivity index (χ3n) is 3.65. The summed E-state index contributed by atoms with van der Waals surface area (Å²) in [7, 11) is 0. The smallest absolute Gasteiger partial charge is 0.194 e. The predicted octanol–water partition coefficient (Wildman–Crippen LogP) is 4.71. The highest BCUT2D eigenvalue weighted by atomic mass is 19.1. The van der Waals surface area contributed by atoms with Crippen LogP contribution in [0, 0.1) is 18.2 Å². The van der Waals surface area contributed by atoms with Gasteiger partial charge in [-0.15, -0.1) is 6.42 Å². The monoisotopic (exact) mass is 300 g/mol. The van der Waals surface area contributed by atoms with Crippen LogP contribution in [0.5, 0.6) is 0 Å². The van der Waals surface area contributed by atoms with Crippen molar-refractivity contribution in [3.63, 3.8) is 0 Å². The Labute approximate surface area is 134 Å². The maximum Gasteiger partial charge on any atom is 0.194 e. The lowest BCUT2D eigenvalue weighted by Crippen LogP contribution is -2.03. The van der Waals surface area contributed by atoms with Gasteiger partial charge in [-0.25, -0.2) is 4.39 Å². The molecule has 0 N–H and O–H groups in total. The zero-order valence-electron chi connectivity index (χ0n) is 12.3. The van der Waals surface area contributed by atoms with Crippen LogP contribution in [0.3, 0.4) is 0 Å². The van der Waals surface area contributed by atoms with Gasteiger partial charge in [0.15, 0.2) is 5.78 Å². The molecule has 3 aromatic carbocycles. The van der Waals surface area contributed by atoms with E-state index in [-0.39, 0.29) is 11.6 Å². The summed E-state index contributed by atoms with van der Waals surface area (Å²) in [6.45, 7) is 0. The van der Waals surface area contributed by atoms with E-state index >= 15 is 0 Å². The van der Waals surface area contributed by atoms with Crippen molar-refractivity contribution in [1.29, 1.82) is 0 Å². The van der Waals surface area contributed by atoms with Gasteiger partial charge >= 0.3 is 0 Å². The number of ketones is 1. The second-order valence-corrected chi connectivity index (χ2v) is 5.10. The van der Waals surface area contributed by atoms with E-state index in [2.05, 4.69) is 5.92 Å². The standard InChI is InChI=1S/C21H13FO/c1-2-15-5-3-4-6-20(15)21(23)18-9-7-16(8-10-18)17-11-13-19(22)14-12-17/h1,3-14H. The molecule has 2 heteroatoms. The van der Waals surface area contributed by atoms with E-state index < -0.39 is 0 Å². The minimum atomic E-state index is -0.272. The first-order chi connectivity index (χ1) is 11.2. The molecular weight excluding hydrogens is 287 g/mol. The molecular formula is C21H13FO. The lowest BCUT2D eigenvalue weighted by atomic mass is 9.97. The van der Waals surface area contributed by atoms with Crippen LogP contribution in [0.15, 0.2) is 72.8 Å². The van der Waals surface area contributed by atoms with Gasteiger partial charge in [0.05, 0.1) is 0 Å². The van der Waals surface area contributed by atoms with Crippen molar-refractivity contribution in [3.8, 4) is 23.5 Å². The van der Waals surface area contributed by atoms with Crippen LogP contribution in [0.4, 0.5) is 4.39 Å². The van der Waals surface area contributed by atoms with Gasteiger partial charge in [0.1, 0.15) is 5.82 Å². The van der Waals surface area contributed by atoms with Crippen LogP contribution in [0.25, 0.3) is 11.1 Å². The summed E-state index contributed by atoms with van der Waals surface area (Å²) in [5.74, 6) is 2.15. The zero-order chi connectivity index (χ0) is 16.2. The van der Waals surface area contributed by atoms with Crippen molar-refractivity contribution in [3.05, 3.63) is 95.3 Å². The average Bonchev–Trinajstić information content (AvgIpc) is 2.62. The summed E-state index contributed by atoms with van der Waals surface area (Å²) >= 11 is 0. The molecule has 0 fully saturated rings. The van der Waals surface area contributed by atoms with E-state index in [1.165, 1.54) is 12.1 Å². The van der Waals surface area contributed by atoms with Crippen molar-refractivity contribution in [1.82, 2.24) is 0 Å². The molecule has 0 atom stereocenters. The Morgan fingerprint density at radius 2 is 1.39 bits per heavy atom. The maximum atomic E-state index is 13.0. The quantitative estimate of drug-likeness (QED) is 0.506. The lowest BCUT2D eigenvalue weighted by Gasteiger charge is -2.06. The summed E-state index contributed by atoms with van der Waals surface area (Å²) in [6.07, 6.45) is 5.45. The van der Waals surface area contributed by atoms with E-state index in [1.807, 2.05) is 18.2 Å². The van der Waals surface area contributed by atoms with Crippen LogP contribution < -0.4 is 0 Å². The Hall–Kier alpha value is -3.18. The van der Waals surface area contributed by atoms with Crippen molar-refractivity contribution in [2.45, 2.75) is 0 Å². The summed E-state index contributed by atoms with van der Waals surface area (Å²) in [6, 6.07) is 20.5.